The zero-order valence-corrected chi connectivity index (χ0v) is 39.5. The first kappa shape index (κ1) is 57.1. The molecule has 346 valence electrons. The van der Waals surface area contributed by atoms with E-state index in [4.69, 9.17) is 14.2 Å². The van der Waals surface area contributed by atoms with Gasteiger partial charge in [0.1, 0.15) is 13.2 Å². The van der Waals surface area contributed by atoms with E-state index in [-0.39, 0.29) is 31.1 Å². The topological polar surface area (TPSA) is 78.9 Å². The number of esters is 3. The molecule has 0 aliphatic carbocycles. The van der Waals surface area contributed by atoms with Gasteiger partial charge in [-0.05, 0) is 64.2 Å². The predicted molar refractivity (Wildman–Crippen MR) is 256 cm³/mol. The van der Waals surface area contributed by atoms with Crippen LogP contribution in [0.5, 0.6) is 0 Å². The van der Waals surface area contributed by atoms with Gasteiger partial charge in [-0.3, -0.25) is 14.4 Å². The second-order valence-electron chi connectivity index (χ2n) is 16.7. The lowest BCUT2D eigenvalue weighted by Gasteiger charge is -2.18. The monoisotopic (exact) mass is 839 g/mol. The summed E-state index contributed by atoms with van der Waals surface area (Å²) in [5, 5.41) is 0. The molecule has 0 aromatic heterocycles. The highest BCUT2D eigenvalue weighted by atomic mass is 16.6. The molecule has 0 saturated carbocycles. The Morgan fingerprint density at radius 2 is 0.733 bits per heavy atom. The van der Waals surface area contributed by atoms with Crippen molar-refractivity contribution in [2.75, 3.05) is 13.2 Å². The summed E-state index contributed by atoms with van der Waals surface area (Å²) in [5.74, 6) is -0.935. The van der Waals surface area contributed by atoms with Crippen LogP contribution in [0.25, 0.3) is 0 Å². The van der Waals surface area contributed by atoms with Gasteiger partial charge in [-0.1, -0.05) is 223 Å². The van der Waals surface area contributed by atoms with Gasteiger partial charge in [-0.25, -0.2) is 0 Å². The molecule has 0 rings (SSSR count). The molecule has 0 aliphatic heterocycles. The number of rotatable bonds is 45. The fraction of sp³-hybridized carbons (Fsp3) is 0.759. The fourth-order valence-corrected chi connectivity index (χ4v) is 7.07. The number of allylic oxidation sites excluding steroid dienone is 10. The van der Waals surface area contributed by atoms with E-state index in [0.29, 0.717) is 19.3 Å². The fourth-order valence-electron chi connectivity index (χ4n) is 7.07. The standard InChI is InChI=1S/C54H94O6/c1-4-7-10-13-16-19-21-23-25-26-27-29-30-32-35-38-41-44-47-53(56)59-50-51(49-58-52(55)46-43-40-37-34-18-15-12-9-6-3)60-54(57)48-45-42-39-36-33-31-28-24-22-20-17-14-11-8-5-2/h8-9,11-12,14,17-18,20,22,34,51H,4-7,10,13,15-16,19,21,23-33,35-50H2,1-3H3/b11-8-,12-9-,17-14-,22-20-,34-18-. The number of ether oxygens (including phenoxy) is 3. The van der Waals surface area contributed by atoms with Crippen LogP contribution < -0.4 is 0 Å². The van der Waals surface area contributed by atoms with E-state index < -0.39 is 6.10 Å². The molecule has 1 unspecified atom stereocenters. The van der Waals surface area contributed by atoms with Crippen LogP contribution in [0.1, 0.15) is 245 Å². The van der Waals surface area contributed by atoms with E-state index >= 15 is 0 Å². The molecule has 0 amide bonds. The molecule has 0 saturated heterocycles. The molecule has 6 heteroatoms. The van der Waals surface area contributed by atoms with Crippen molar-refractivity contribution in [3.8, 4) is 0 Å². The Kier molecular flexibility index (Phi) is 46.4. The zero-order chi connectivity index (χ0) is 43.7. The van der Waals surface area contributed by atoms with Gasteiger partial charge in [0.05, 0.1) is 0 Å². The minimum absolute atomic E-state index is 0.0877. The molecule has 0 fully saturated rings. The molecule has 0 N–H and O–H groups in total. The first-order chi connectivity index (χ1) is 29.5. The van der Waals surface area contributed by atoms with Crippen LogP contribution >= 0.6 is 0 Å². The highest BCUT2D eigenvalue weighted by molar-refractivity contribution is 5.71. The first-order valence-electron chi connectivity index (χ1n) is 25.3. The van der Waals surface area contributed by atoms with Crippen molar-refractivity contribution >= 4 is 17.9 Å². The average Bonchev–Trinajstić information content (AvgIpc) is 3.24. The third-order valence-corrected chi connectivity index (χ3v) is 10.8. The third-order valence-electron chi connectivity index (χ3n) is 10.8. The van der Waals surface area contributed by atoms with Gasteiger partial charge in [-0.2, -0.15) is 0 Å². The smallest absolute Gasteiger partial charge is 0.306 e. The van der Waals surface area contributed by atoms with Crippen LogP contribution in [-0.4, -0.2) is 37.2 Å². The van der Waals surface area contributed by atoms with Crippen molar-refractivity contribution in [2.24, 2.45) is 0 Å². The van der Waals surface area contributed by atoms with Crippen molar-refractivity contribution < 1.29 is 28.6 Å². The second-order valence-corrected chi connectivity index (χ2v) is 16.7. The highest BCUT2D eigenvalue weighted by Crippen LogP contribution is 2.16. The molecule has 60 heavy (non-hydrogen) atoms. The molecule has 0 aromatic carbocycles. The first-order valence-corrected chi connectivity index (χ1v) is 25.3. The van der Waals surface area contributed by atoms with Gasteiger partial charge in [0.2, 0.25) is 0 Å². The Balaban J connectivity index is 4.31. The Bertz CT molecular complexity index is 1100. The molecular weight excluding hydrogens is 745 g/mol. The number of hydrogen-bond acceptors (Lipinski definition) is 6. The summed E-state index contributed by atoms with van der Waals surface area (Å²) in [6, 6.07) is 0. The van der Waals surface area contributed by atoms with Gasteiger partial charge in [0.25, 0.3) is 0 Å². The van der Waals surface area contributed by atoms with Crippen molar-refractivity contribution in [3.63, 3.8) is 0 Å². The largest absolute Gasteiger partial charge is 0.462 e. The summed E-state index contributed by atoms with van der Waals surface area (Å²) >= 11 is 0. The van der Waals surface area contributed by atoms with Crippen LogP contribution in [0.3, 0.4) is 0 Å². The van der Waals surface area contributed by atoms with E-state index in [9.17, 15) is 14.4 Å². The van der Waals surface area contributed by atoms with Crippen LogP contribution in [-0.2, 0) is 28.6 Å². The van der Waals surface area contributed by atoms with Crippen molar-refractivity contribution in [3.05, 3.63) is 60.8 Å². The van der Waals surface area contributed by atoms with Crippen molar-refractivity contribution in [2.45, 2.75) is 252 Å². The normalized spacial score (nSPS) is 12.5. The predicted octanol–water partition coefficient (Wildman–Crippen LogP) is 16.5. The lowest BCUT2D eigenvalue weighted by molar-refractivity contribution is -0.167. The number of hydrogen-bond donors (Lipinski definition) is 0. The molecule has 0 aliphatic rings. The SMILES string of the molecule is CC\C=C/C=C\C=C/CCCCCCCCCC(=O)OC(COC(=O)CCCC/C=C\C/C=C\CC)COC(=O)CCCCCCCCCCCCCCCCCCCC. The molecule has 0 aromatic rings. The van der Waals surface area contributed by atoms with Crippen molar-refractivity contribution in [1.29, 1.82) is 0 Å². The van der Waals surface area contributed by atoms with E-state index in [1.807, 2.05) is 0 Å². The van der Waals surface area contributed by atoms with E-state index in [2.05, 4.69) is 81.5 Å². The lowest BCUT2D eigenvalue weighted by atomic mass is 10.0. The Labute approximate surface area is 370 Å². The summed E-state index contributed by atoms with van der Waals surface area (Å²) in [6.07, 6.45) is 59.4. The summed E-state index contributed by atoms with van der Waals surface area (Å²) in [7, 11) is 0. The molecule has 0 heterocycles. The maximum absolute atomic E-state index is 12.8. The third kappa shape index (κ3) is 46.2. The number of carbonyl (C=O) groups is 3. The minimum Gasteiger partial charge on any atom is -0.462 e. The minimum atomic E-state index is -0.790. The quantitative estimate of drug-likeness (QED) is 0.0200. The lowest BCUT2D eigenvalue weighted by Crippen LogP contribution is -2.30. The maximum atomic E-state index is 12.8. The second kappa shape index (κ2) is 48.8. The Hall–Kier alpha value is -2.89. The van der Waals surface area contributed by atoms with Gasteiger partial charge in [-0.15, -0.1) is 0 Å². The average molecular weight is 839 g/mol. The van der Waals surface area contributed by atoms with E-state index in [1.165, 1.54) is 122 Å². The summed E-state index contributed by atoms with van der Waals surface area (Å²) in [6.45, 7) is 6.36. The molecule has 0 spiro atoms. The maximum Gasteiger partial charge on any atom is 0.306 e. The van der Waals surface area contributed by atoms with Gasteiger partial charge >= 0.3 is 17.9 Å². The summed E-state index contributed by atoms with van der Waals surface area (Å²) < 4.78 is 16.7. The molecule has 6 nitrogen and oxygen atoms in total. The van der Waals surface area contributed by atoms with Crippen LogP contribution in [0.15, 0.2) is 60.8 Å². The Morgan fingerprint density at radius 3 is 1.22 bits per heavy atom. The van der Waals surface area contributed by atoms with Crippen LogP contribution in [0, 0.1) is 0 Å². The van der Waals surface area contributed by atoms with E-state index in [1.54, 1.807) is 0 Å². The molecule has 0 radical (unpaired) electrons. The van der Waals surface area contributed by atoms with Gasteiger partial charge in [0.15, 0.2) is 6.10 Å². The van der Waals surface area contributed by atoms with Crippen LogP contribution in [0.2, 0.25) is 0 Å². The van der Waals surface area contributed by atoms with Gasteiger partial charge in [0, 0.05) is 19.3 Å². The van der Waals surface area contributed by atoms with E-state index in [0.717, 1.165) is 83.5 Å². The highest BCUT2D eigenvalue weighted by Gasteiger charge is 2.19. The van der Waals surface area contributed by atoms with Crippen molar-refractivity contribution in [1.82, 2.24) is 0 Å². The van der Waals surface area contributed by atoms with Crippen LogP contribution in [0.4, 0.5) is 0 Å². The van der Waals surface area contributed by atoms with Gasteiger partial charge < -0.3 is 14.2 Å². The number of unbranched alkanes of at least 4 members (excludes halogenated alkanes) is 26. The Morgan fingerprint density at radius 1 is 0.367 bits per heavy atom. The molecular formula is C54H94O6. The zero-order valence-electron chi connectivity index (χ0n) is 39.5. The molecule has 1 atom stereocenters. The summed E-state index contributed by atoms with van der Waals surface area (Å²) in [4.78, 5) is 37.8. The summed E-state index contributed by atoms with van der Waals surface area (Å²) in [5.41, 5.74) is 0. The molecule has 0 bridgehead atoms. The number of carbonyl (C=O) groups excluding carboxylic acids is 3.